The number of aromatic amines is 1. The van der Waals surface area contributed by atoms with Crippen molar-refractivity contribution < 1.29 is 9.59 Å². The van der Waals surface area contributed by atoms with Crippen LogP contribution in [-0.4, -0.2) is 33.7 Å². The van der Waals surface area contributed by atoms with Crippen molar-refractivity contribution in [3.63, 3.8) is 0 Å². The van der Waals surface area contributed by atoms with Crippen LogP contribution in [0.1, 0.15) is 51.6 Å². The third-order valence-electron chi connectivity index (χ3n) is 5.67. The topological polar surface area (TPSA) is 104 Å². The average Bonchev–Trinajstić information content (AvgIpc) is 3.23. The van der Waals surface area contributed by atoms with Gasteiger partial charge in [0.25, 0.3) is 5.56 Å². The quantitative estimate of drug-likeness (QED) is 0.488. The van der Waals surface area contributed by atoms with Crippen molar-refractivity contribution in [2.75, 3.05) is 5.75 Å². The number of hydrogen-bond acceptors (Lipinski definition) is 5. The van der Waals surface area contributed by atoms with E-state index >= 15 is 0 Å². The molecule has 148 valence electrons. The number of rotatable bonds is 7. The van der Waals surface area contributed by atoms with Crippen LogP contribution in [0.25, 0.3) is 0 Å². The zero-order valence-electron chi connectivity index (χ0n) is 15.9. The molecule has 4 atom stereocenters. The fraction of sp³-hybridized carbons (Fsp3) is 0.684. The standard InChI is InChI=1S/C19H28N4O3S/c1-3-4-14-9-16(24)23-19(21-14)27-10-17(25)22-18(26)20-11(2)15-8-12-5-6-13(15)7-12/h9,11-13,15H,3-8,10H2,1-2H3,(H,21,23,24)(H2,20,22,25,26)/t11-,12+,13+,15-/m0/s1. The predicted octanol–water partition coefficient (Wildman–Crippen LogP) is 2.46. The van der Waals surface area contributed by atoms with Gasteiger partial charge in [0, 0.05) is 17.8 Å². The molecular weight excluding hydrogens is 364 g/mol. The van der Waals surface area contributed by atoms with Gasteiger partial charge >= 0.3 is 6.03 Å². The Bertz CT molecular complexity index is 751. The minimum Gasteiger partial charge on any atom is -0.335 e. The Morgan fingerprint density at radius 2 is 2.19 bits per heavy atom. The maximum Gasteiger partial charge on any atom is 0.321 e. The zero-order valence-corrected chi connectivity index (χ0v) is 16.7. The van der Waals surface area contributed by atoms with Crippen LogP contribution in [-0.2, 0) is 11.2 Å². The minimum atomic E-state index is -0.447. The molecule has 8 heteroatoms. The Morgan fingerprint density at radius 3 is 2.85 bits per heavy atom. The van der Waals surface area contributed by atoms with Crippen LogP contribution in [0.5, 0.6) is 0 Å². The fourth-order valence-electron chi connectivity index (χ4n) is 4.49. The summed E-state index contributed by atoms with van der Waals surface area (Å²) in [5.74, 6) is 1.68. The molecule has 0 spiro atoms. The maximum absolute atomic E-state index is 12.1. The molecule has 27 heavy (non-hydrogen) atoms. The lowest BCUT2D eigenvalue weighted by molar-refractivity contribution is -0.117. The van der Waals surface area contributed by atoms with Gasteiger partial charge in [0.1, 0.15) is 0 Å². The van der Waals surface area contributed by atoms with E-state index in [4.69, 9.17) is 0 Å². The van der Waals surface area contributed by atoms with E-state index in [9.17, 15) is 14.4 Å². The lowest BCUT2D eigenvalue weighted by Gasteiger charge is -2.28. The van der Waals surface area contributed by atoms with Crippen LogP contribution in [0.4, 0.5) is 4.79 Å². The number of urea groups is 1. The third kappa shape index (κ3) is 5.34. The average molecular weight is 393 g/mol. The first kappa shape index (κ1) is 19.9. The molecule has 2 bridgehead atoms. The van der Waals surface area contributed by atoms with Crippen molar-refractivity contribution in [2.24, 2.45) is 17.8 Å². The first-order valence-corrected chi connectivity index (χ1v) is 10.8. The van der Waals surface area contributed by atoms with Gasteiger partial charge in [0.15, 0.2) is 5.16 Å². The highest BCUT2D eigenvalue weighted by atomic mass is 32.2. The maximum atomic E-state index is 12.1. The highest BCUT2D eigenvalue weighted by Gasteiger charge is 2.42. The number of imide groups is 1. The lowest BCUT2D eigenvalue weighted by Crippen LogP contribution is -2.47. The Balaban J connectivity index is 1.43. The summed E-state index contributed by atoms with van der Waals surface area (Å²) < 4.78 is 0. The van der Waals surface area contributed by atoms with Crippen molar-refractivity contribution in [3.8, 4) is 0 Å². The van der Waals surface area contributed by atoms with E-state index in [1.165, 1.54) is 31.7 Å². The Morgan fingerprint density at radius 1 is 1.37 bits per heavy atom. The van der Waals surface area contributed by atoms with Gasteiger partial charge < -0.3 is 10.3 Å². The molecule has 1 aromatic heterocycles. The van der Waals surface area contributed by atoms with E-state index in [1.807, 2.05) is 13.8 Å². The summed E-state index contributed by atoms with van der Waals surface area (Å²) in [6.45, 7) is 4.04. The molecule has 0 unspecified atom stereocenters. The summed E-state index contributed by atoms with van der Waals surface area (Å²) in [5, 5.41) is 5.69. The van der Waals surface area contributed by atoms with Crippen LogP contribution in [0.3, 0.4) is 0 Å². The molecule has 3 rings (SSSR count). The summed E-state index contributed by atoms with van der Waals surface area (Å²) in [6.07, 6.45) is 6.67. The van der Waals surface area contributed by atoms with Crippen LogP contribution in [0.15, 0.2) is 16.0 Å². The molecule has 0 aliphatic heterocycles. The number of thioether (sulfide) groups is 1. The van der Waals surface area contributed by atoms with Gasteiger partial charge in [-0.3, -0.25) is 14.9 Å². The minimum absolute atomic E-state index is 0.0223. The number of amides is 3. The van der Waals surface area contributed by atoms with Crippen LogP contribution in [0, 0.1) is 17.8 Å². The highest BCUT2D eigenvalue weighted by Crippen LogP contribution is 2.49. The van der Waals surface area contributed by atoms with Gasteiger partial charge in [-0.05, 0) is 50.4 Å². The largest absolute Gasteiger partial charge is 0.335 e. The van der Waals surface area contributed by atoms with Crippen LogP contribution >= 0.6 is 11.8 Å². The number of aromatic nitrogens is 2. The summed E-state index contributed by atoms with van der Waals surface area (Å²) in [4.78, 5) is 42.7. The molecule has 7 nitrogen and oxygen atoms in total. The van der Waals surface area contributed by atoms with Gasteiger partial charge in [-0.2, -0.15) is 0 Å². The molecule has 0 aromatic carbocycles. The normalized spacial score (nSPS) is 24.6. The van der Waals surface area contributed by atoms with E-state index in [1.54, 1.807) is 0 Å². The number of nitrogens with zero attached hydrogens (tertiary/aromatic N) is 1. The number of nitrogens with one attached hydrogen (secondary N) is 3. The Labute approximate surface area is 163 Å². The van der Waals surface area contributed by atoms with E-state index in [2.05, 4.69) is 20.6 Å². The number of H-pyrrole nitrogens is 1. The van der Waals surface area contributed by atoms with E-state index in [-0.39, 0.29) is 17.4 Å². The van der Waals surface area contributed by atoms with E-state index in [0.29, 0.717) is 23.2 Å². The second-order valence-electron chi connectivity index (χ2n) is 7.73. The van der Waals surface area contributed by atoms with Crippen molar-refractivity contribution in [3.05, 3.63) is 22.1 Å². The smallest absolute Gasteiger partial charge is 0.321 e. The molecular formula is C19H28N4O3S. The van der Waals surface area contributed by atoms with Crippen molar-refractivity contribution in [2.45, 2.75) is 63.6 Å². The molecule has 1 aromatic rings. The molecule has 3 amide bonds. The summed E-state index contributed by atoms with van der Waals surface area (Å²) in [5.41, 5.74) is 0.482. The number of hydrogen-bond donors (Lipinski definition) is 3. The lowest BCUT2D eigenvalue weighted by atomic mass is 9.84. The number of carbonyl (C=O) groups excluding carboxylic acids is 2. The molecule has 2 fully saturated rings. The Kier molecular flexibility index (Phi) is 6.57. The molecule has 1 heterocycles. The SMILES string of the molecule is CCCc1cc(=O)[nH]c(SCC(=O)NC(=O)N[C@@H](C)[C@@H]2C[C@@H]3CC[C@@H]2C3)n1. The second kappa shape index (κ2) is 8.91. The number of aryl methyl sites for hydroxylation is 1. The van der Waals surface area contributed by atoms with Gasteiger partial charge in [0.2, 0.25) is 5.91 Å². The second-order valence-corrected chi connectivity index (χ2v) is 8.69. The van der Waals surface area contributed by atoms with Gasteiger partial charge in [0.05, 0.1) is 5.75 Å². The molecule has 3 N–H and O–H groups in total. The van der Waals surface area contributed by atoms with E-state index in [0.717, 1.165) is 30.0 Å². The van der Waals surface area contributed by atoms with Crippen LogP contribution < -0.4 is 16.2 Å². The van der Waals surface area contributed by atoms with E-state index < -0.39 is 11.9 Å². The highest BCUT2D eigenvalue weighted by molar-refractivity contribution is 7.99. The summed E-state index contributed by atoms with van der Waals surface area (Å²) in [7, 11) is 0. The monoisotopic (exact) mass is 392 g/mol. The Hall–Kier alpha value is -1.83. The predicted molar refractivity (Wildman–Crippen MR) is 105 cm³/mol. The van der Waals surface area contributed by atoms with Gasteiger partial charge in [-0.1, -0.05) is 31.5 Å². The first-order chi connectivity index (χ1) is 12.9. The third-order valence-corrected chi connectivity index (χ3v) is 6.54. The van der Waals surface area contributed by atoms with Crippen molar-refractivity contribution in [1.82, 2.24) is 20.6 Å². The molecule has 0 radical (unpaired) electrons. The zero-order chi connectivity index (χ0) is 19.4. The molecule has 0 saturated heterocycles. The first-order valence-electron chi connectivity index (χ1n) is 9.78. The number of fused-ring (bicyclic) bond motifs is 2. The van der Waals surface area contributed by atoms with Gasteiger partial charge in [-0.25, -0.2) is 9.78 Å². The number of carbonyl (C=O) groups is 2. The van der Waals surface area contributed by atoms with Gasteiger partial charge in [-0.15, -0.1) is 0 Å². The molecule has 2 aliphatic carbocycles. The van der Waals surface area contributed by atoms with Crippen molar-refractivity contribution in [1.29, 1.82) is 0 Å². The summed E-state index contributed by atoms with van der Waals surface area (Å²) in [6, 6.07) is 1.10. The fourth-order valence-corrected chi connectivity index (χ4v) is 5.18. The molecule has 2 aliphatic rings. The summed E-state index contributed by atoms with van der Waals surface area (Å²) >= 11 is 1.12. The van der Waals surface area contributed by atoms with Crippen molar-refractivity contribution >= 4 is 23.7 Å². The van der Waals surface area contributed by atoms with Crippen LogP contribution in [0.2, 0.25) is 0 Å². The molecule has 2 saturated carbocycles.